The van der Waals surface area contributed by atoms with Crippen molar-refractivity contribution in [2.45, 2.75) is 19.9 Å². The molecule has 0 N–H and O–H groups in total. The molecule has 1 aromatic heterocycles. The smallest absolute Gasteiger partial charge is 0.230 e. The molecule has 0 saturated carbocycles. The maximum Gasteiger partial charge on any atom is 0.230 e. The average Bonchev–Trinajstić information content (AvgIpc) is 3.14. The summed E-state index contributed by atoms with van der Waals surface area (Å²) in [7, 11) is 1.68. The van der Waals surface area contributed by atoms with Crippen LogP contribution < -0.4 is 0 Å². The Balaban J connectivity index is 1.66. The van der Waals surface area contributed by atoms with Gasteiger partial charge in [-0.25, -0.2) is 4.98 Å². The highest BCUT2D eigenvalue weighted by molar-refractivity contribution is 7.09. The van der Waals surface area contributed by atoms with Gasteiger partial charge < -0.3 is 9.64 Å². The third-order valence-corrected chi connectivity index (χ3v) is 5.69. The van der Waals surface area contributed by atoms with E-state index < -0.39 is 0 Å². The Labute approximate surface area is 129 Å². The summed E-state index contributed by atoms with van der Waals surface area (Å²) in [6, 6.07) is 0. The number of thiazole rings is 1. The zero-order chi connectivity index (χ0) is 14.9. The number of methoxy groups -OCH3 is 1. The first-order valence-electron chi connectivity index (χ1n) is 7.55. The van der Waals surface area contributed by atoms with Gasteiger partial charge in [0.25, 0.3) is 0 Å². The number of rotatable bonds is 5. The highest BCUT2D eigenvalue weighted by Gasteiger charge is 2.54. The lowest BCUT2D eigenvalue weighted by molar-refractivity contribution is -0.137. The van der Waals surface area contributed by atoms with Crippen molar-refractivity contribution >= 4 is 17.2 Å². The predicted molar refractivity (Wildman–Crippen MR) is 82.1 cm³/mol. The zero-order valence-electron chi connectivity index (χ0n) is 12.7. The predicted octanol–water partition coefficient (Wildman–Crippen LogP) is 1.46. The summed E-state index contributed by atoms with van der Waals surface area (Å²) >= 11 is 1.69. The molecule has 3 heterocycles. The Hall–Kier alpha value is -0.980. The minimum Gasteiger partial charge on any atom is -0.383 e. The van der Waals surface area contributed by atoms with E-state index in [1.54, 1.807) is 18.4 Å². The Kier molecular flexibility index (Phi) is 4.28. The molecule has 2 fully saturated rings. The van der Waals surface area contributed by atoms with Crippen molar-refractivity contribution in [3.63, 3.8) is 0 Å². The van der Waals surface area contributed by atoms with Gasteiger partial charge in [-0.3, -0.25) is 9.69 Å². The molecule has 1 amide bonds. The van der Waals surface area contributed by atoms with Crippen molar-refractivity contribution in [2.75, 3.05) is 39.9 Å². The van der Waals surface area contributed by atoms with E-state index in [1.807, 2.05) is 16.5 Å². The lowest BCUT2D eigenvalue weighted by Gasteiger charge is -2.26. The normalized spacial score (nSPS) is 29.9. The van der Waals surface area contributed by atoms with Gasteiger partial charge in [0.05, 0.1) is 18.6 Å². The highest BCUT2D eigenvalue weighted by Crippen LogP contribution is 2.44. The number of hydrogen-bond donors (Lipinski definition) is 0. The molecule has 1 spiro atoms. The monoisotopic (exact) mass is 309 g/mol. The van der Waals surface area contributed by atoms with Gasteiger partial charge in [0, 0.05) is 44.9 Å². The van der Waals surface area contributed by atoms with E-state index in [9.17, 15) is 4.79 Å². The number of ether oxygens (including phenoxy) is 1. The van der Waals surface area contributed by atoms with Crippen LogP contribution in [0.4, 0.5) is 0 Å². The summed E-state index contributed by atoms with van der Waals surface area (Å²) in [6.07, 6.45) is 2.83. The quantitative estimate of drug-likeness (QED) is 0.826. The molecule has 0 radical (unpaired) electrons. The Morgan fingerprint density at radius 2 is 2.43 bits per heavy atom. The maximum absolute atomic E-state index is 12.8. The SMILES string of the molecule is COCCN1CC[C@@]2(CN(Cc3nccs3)C[C@@H]2C)C1=O. The van der Waals surface area contributed by atoms with E-state index in [4.69, 9.17) is 4.74 Å². The molecule has 3 rings (SSSR count). The molecule has 116 valence electrons. The average molecular weight is 309 g/mol. The van der Waals surface area contributed by atoms with Crippen LogP contribution in [0.3, 0.4) is 0 Å². The van der Waals surface area contributed by atoms with E-state index in [0.29, 0.717) is 18.4 Å². The maximum atomic E-state index is 12.8. The number of hydrogen-bond acceptors (Lipinski definition) is 5. The lowest BCUT2D eigenvalue weighted by Crippen LogP contribution is -2.40. The van der Waals surface area contributed by atoms with Crippen molar-refractivity contribution in [3.8, 4) is 0 Å². The summed E-state index contributed by atoms with van der Waals surface area (Å²) < 4.78 is 5.11. The topological polar surface area (TPSA) is 45.7 Å². The van der Waals surface area contributed by atoms with E-state index in [2.05, 4.69) is 16.8 Å². The fraction of sp³-hybridized carbons (Fsp3) is 0.733. The number of amides is 1. The summed E-state index contributed by atoms with van der Waals surface area (Å²) in [5.74, 6) is 0.742. The van der Waals surface area contributed by atoms with Crippen molar-refractivity contribution in [1.82, 2.24) is 14.8 Å². The molecule has 2 saturated heterocycles. The number of likely N-dealkylation sites (tertiary alicyclic amines) is 2. The van der Waals surface area contributed by atoms with Gasteiger partial charge in [-0.15, -0.1) is 11.3 Å². The van der Waals surface area contributed by atoms with Crippen molar-refractivity contribution < 1.29 is 9.53 Å². The third-order valence-electron chi connectivity index (χ3n) is 4.93. The second-order valence-electron chi connectivity index (χ2n) is 6.19. The summed E-state index contributed by atoms with van der Waals surface area (Å²) in [5, 5.41) is 3.15. The van der Waals surface area contributed by atoms with Gasteiger partial charge in [0.1, 0.15) is 5.01 Å². The van der Waals surface area contributed by atoms with Gasteiger partial charge in [-0.2, -0.15) is 0 Å². The molecule has 1 aromatic rings. The minimum atomic E-state index is -0.176. The third kappa shape index (κ3) is 2.72. The van der Waals surface area contributed by atoms with Gasteiger partial charge in [-0.05, 0) is 12.3 Å². The number of carbonyl (C=O) groups is 1. The van der Waals surface area contributed by atoms with E-state index in [0.717, 1.165) is 44.2 Å². The standard InChI is InChI=1S/C15H23N3O2S/c1-12-9-17(10-13-16-4-8-21-13)11-15(12)3-5-18(14(15)19)6-7-20-2/h4,8,12H,3,5-7,9-11H2,1-2H3/t12-,15-/m0/s1. The molecule has 6 heteroatoms. The van der Waals surface area contributed by atoms with E-state index >= 15 is 0 Å². The molecule has 5 nitrogen and oxygen atoms in total. The lowest BCUT2D eigenvalue weighted by atomic mass is 9.78. The first kappa shape index (κ1) is 14.9. The molecule has 0 aliphatic carbocycles. The summed E-state index contributed by atoms with van der Waals surface area (Å²) in [4.78, 5) is 21.6. The van der Waals surface area contributed by atoms with Crippen LogP contribution in [0.5, 0.6) is 0 Å². The summed E-state index contributed by atoms with van der Waals surface area (Å²) in [6.45, 7) is 7.17. The van der Waals surface area contributed by atoms with E-state index in [-0.39, 0.29) is 5.41 Å². The van der Waals surface area contributed by atoms with Gasteiger partial charge in [-0.1, -0.05) is 6.92 Å². The molecule has 2 aliphatic rings. The van der Waals surface area contributed by atoms with Crippen molar-refractivity contribution in [2.24, 2.45) is 11.3 Å². The van der Waals surface area contributed by atoms with Crippen LogP contribution >= 0.6 is 11.3 Å². The molecule has 0 bridgehead atoms. The molecule has 21 heavy (non-hydrogen) atoms. The van der Waals surface area contributed by atoms with E-state index in [1.165, 1.54) is 0 Å². The fourth-order valence-electron chi connectivity index (χ4n) is 3.70. The van der Waals surface area contributed by atoms with Crippen molar-refractivity contribution in [1.29, 1.82) is 0 Å². The number of nitrogens with zero attached hydrogens (tertiary/aromatic N) is 3. The molecule has 0 unspecified atom stereocenters. The minimum absolute atomic E-state index is 0.176. The van der Waals surface area contributed by atoms with Gasteiger partial charge in [0.2, 0.25) is 5.91 Å². The Bertz CT molecular complexity index is 493. The van der Waals surface area contributed by atoms with Crippen LogP contribution in [0.1, 0.15) is 18.4 Å². The first-order valence-corrected chi connectivity index (χ1v) is 8.43. The Morgan fingerprint density at radius 1 is 1.57 bits per heavy atom. The van der Waals surface area contributed by atoms with Crippen LogP contribution in [-0.2, 0) is 16.1 Å². The first-order chi connectivity index (χ1) is 10.2. The van der Waals surface area contributed by atoms with Crippen molar-refractivity contribution in [3.05, 3.63) is 16.6 Å². The van der Waals surface area contributed by atoms with Gasteiger partial charge >= 0.3 is 0 Å². The Morgan fingerprint density at radius 3 is 3.14 bits per heavy atom. The number of aromatic nitrogens is 1. The van der Waals surface area contributed by atoms with Crippen LogP contribution in [0.2, 0.25) is 0 Å². The number of carbonyl (C=O) groups excluding carboxylic acids is 1. The largest absolute Gasteiger partial charge is 0.383 e. The van der Waals surface area contributed by atoms with Crippen LogP contribution in [0.25, 0.3) is 0 Å². The highest BCUT2D eigenvalue weighted by atomic mass is 32.1. The molecular formula is C15H23N3O2S. The molecular weight excluding hydrogens is 286 g/mol. The van der Waals surface area contributed by atoms with Gasteiger partial charge in [0.15, 0.2) is 0 Å². The zero-order valence-corrected chi connectivity index (χ0v) is 13.6. The summed E-state index contributed by atoms with van der Waals surface area (Å²) in [5.41, 5.74) is -0.176. The molecule has 2 atom stereocenters. The second kappa shape index (κ2) is 6.02. The second-order valence-corrected chi connectivity index (χ2v) is 7.17. The van der Waals surface area contributed by atoms with Crippen LogP contribution in [-0.4, -0.2) is 60.6 Å². The van der Waals surface area contributed by atoms with Crippen LogP contribution in [0.15, 0.2) is 11.6 Å². The fourth-order valence-corrected chi connectivity index (χ4v) is 4.36. The molecule has 2 aliphatic heterocycles. The molecule has 0 aromatic carbocycles. The van der Waals surface area contributed by atoms with Crippen LogP contribution in [0, 0.1) is 11.3 Å².